The topological polar surface area (TPSA) is 607 Å². The number of esters is 4. The number of carbonyl (C=O) groups is 20. The normalized spacial score (nSPS) is 22.6. The van der Waals surface area contributed by atoms with Crippen LogP contribution in [0.4, 0.5) is 15.3 Å². The molecule has 10 rings (SSSR count). The number of benzene rings is 3. The third kappa shape index (κ3) is 30.8. The highest BCUT2D eigenvalue weighted by atomic mass is 16.7. The van der Waals surface area contributed by atoms with Crippen molar-refractivity contribution in [1.82, 2.24) is 87.2 Å². The predicted octanol–water partition coefficient (Wildman–Crippen LogP) is 1.80. The van der Waals surface area contributed by atoms with E-state index in [0.29, 0.717) is 66.8 Å². The van der Waals surface area contributed by atoms with E-state index in [1.54, 1.807) is 121 Å². The molecule has 47 nitrogen and oxygen atoms in total. The second kappa shape index (κ2) is 52.0. The van der Waals surface area contributed by atoms with Gasteiger partial charge in [-0.2, -0.15) is 0 Å². The van der Waals surface area contributed by atoms with Gasteiger partial charge in [-0.25, -0.2) is 24.4 Å². The van der Waals surface area contributed by atoms with Gasteiger partial charge in [0, 0.05) is 98.1 Å². The summed E-state index contributed by atoms with van der Waals surface area (Å²) in [6, 6.07) is 10.0. The number of para-hydroxylation sites is 2. The number of fused-ring (bicyclic) bond motifs is 4. The standard InChI is InChI=1S/C99H133N19O28/c1-53(2)76(112-98(138)146-99(8,9)10)88(129)109-65(34-27-41-101-97(100)137)85(126)106-62-39-37-58(38-40-62)52-140-70-44-60-30-19-21-32-63(60)107-77(70)89(130)110-67-47-103-92(133)80(59-28-17-16-18-29-59)116(14)75(125)51-114(12)73(123)49-105-86(127)68-35-23-25-42-117(68)93(134)66(46-102-91(132)79(54(3)4)115(13)74(124)50-113(11)72(122)48-104-87(128)69-36-24-26-43-118(69)94(67)135)111-90(131)78-71(45-61-31-20-22-33-64(61)108-78)144-96-84(143-57(7)121)82(142-56(6)120)81(141-55(5)119)83(145-96)95(136)139-15/h19-22,30-33,37-40,44-45,53-54,59,65-69,76,79-84,96H,16-18,23-29,34-36,41-43,46-52H2,1-15H3,(H,102,132)(H,103,133)(H,104,128)(H,105,127)(H,106,126)(H,109,129)(H,110,130)(H,111,131)(H,112,138)(H3,100,101,137)/t65-,66+,67+,68-,69-,76-,79-,80-,81-,82-,83-,84+,96+/m0/s1. The van der Waals surface area contributed by atoms with E-state index < -0.39 is 272 Å². The molecule has 4 saturated heterocycles. The molecule has 47 heteroatoms. The van der Waals surface area contributed by atoms with Crippen molar-refractivity contribution in [3.05, 3.63) is 102 Å². The second-order valence-electron chi connectivity index (χ2n) is 38.3. The van der Waals surface area contributed by atoms with Crippen molar-refractivity contribution in [3.8, 4) is 11.5 Å². The number of anilines is 1. The number of primary amides is 1. The number of carbonyl (C=O) groups excluding carboxylic acids is 20. The molecule has 2 aromatic heterocycles. The molecule has 17 amide bonds. The van der Waals surface area contributed by atoms with Crippen LogP contribution < -0.4 is 68.4 Å². The van der Waals surface area contributed by atoms with Gasteiger partial charge in [-0.15, -0.1) is 0 Å². The average molecular weight is 2040 g/mol. The summed E-state index contributed by atoms with van der Waals surface area (Å²) in [6.45, 7) is 9.71. The molecule has 3 aromatic carbocycles. The van der Waals surface area contributed by atoms with Gasteiger partial charge >= 0.3 is 36.0 Å². The Balaban J connectivity index is 0.929. The molecule has 0 unspecified atom stereocenters. The van der Waals surface area contributed by atoms with E-state index >= 15 is 24.0 Å². The van der Waals surface area contributed by atoms with Gasteiger partial charge in [0.05, 0.1) is 44.3 Å². The van der Waals surface area contributed by atoms with E-state index in [-0.39, 0.29) is 81.0 Å². The van der Waals surface area contributed by atoms with Crippen molar-refractivity contribution < 1.29 is 134 Å². The van der Waals surface area contributed by atoms with Crippen LogP contribution in [0.2, 0.25) is 0 Å². The highest BCUT2D eigenvalue weighted by Gasteiger charge is 2.57. The highest BCUT2D eigenvalue weighted by Crippen LogP contribution is 2.36. The summed E-state index contributed by atoms with van der Waals surface area (Å²) < 4.78 is 45.9. The molecule has 0 spiro atoms. The van der Waals surface area contributed by atoms with Crippen LogP contribution in [-0.2, 0) is 112 Å². The summed E-state index contributed by atoms with van der Waals surface area (Å²) in [5.74, 6) is -18.5. The molecule has 1 aliphatic carbocycles. The van der Waals surface area contributed by atoms with E-state index in [1.807, 2.05) is 0 Å². The largest absolute Gasteiger partial charge is 0.486 e. The van der Waals surface area contributed by atoms with Crippen LogP contribution in [-0.4, -0.2) is 337 Å². The van der Waals surface area contributed by atoms with Gasteiger partial charge < -0.3 is 126 Å². The Morgan fingerprint density at radius 3 is 1.55 bits per heavy atom. The number of aromatic nitrogens is 2. The SMILES string of the molecule is COC(=O)[C@H]1O[C@@H](Oc2cc3ccccc3nc2C(=O)N[C@@H]2CNC(=O)[C@H](C(C)C)N(C)C(=O)CN(C)C(=O)CNC(=O)[C@@H]3CCCCN3C(=O)[C@H](NC(=O)c3nc4ccccc4cc3OCc3ccc(NC(=O)[C@H](CCCNC(N)=O)NC(=O)[C@@H](NC(=O)OC(C)(C)C)C(C)C)cc3)CNC(=O)[C@H](C3CCCCC3)N(C)C(=O)CN(C)C(=O)CNC(=O)[C@@H]3CCCCN3C2=O)[C@H](OC(C)=O)[C@@H](OC(C)=O)[C@@H]1OC(C)=O. The maximum absolute atomic E-state index is 15.7. The molecule has 0 radical (unpaired) electrons. The number of nitrogens with one attached hydrogen (secondary N) is 10. The van der Waals surface area contributed by atoms with Crippen molar-refractivity contribution in [2.45, 2.75) is 244 Å². The maximum Gasteiger partial charge on any atom is 0.408 e. The van der Waals surface area contributed by atoms with Crippen LogP contribution in [0, 0.1) is 17.8 Å². The van der Waals surface area contributed by atoms with Crippen molar-refractivity contribution in [2.24, 2.45) is 23.5 Å². The van der Waals surface area contributed by atoms with Gasteiger partial charge in [0.1, 0.15) is 60.5 Å². The van der Waals surface area contributed by atoms with Crippen LogP contribution in [0.25, 0.3) is 21.8 Å². The first-order valence-electron chi connectivity index (χ1n) is 48.6. The summed E-state index contributed by atoms with van der Waals surface area (Å²) >= 11 is 0. The lowest BCUT2D eigenvalue weighted by Gasteiger charge is -2.43. The lowest BCUT2D eigenvalue weighted by molar-refractivity contribution is -0.282. The molecule has 0 bridgehead atoms. The van der Waals surface area contributed by atoms with Crippen molar-refractivity contribution in [3.63, 3.8) is 0 Å². The molecule has 146 heavy (non-hydrogen) atoms. The van der Waals surface area contributed by atoms with Crippen LogP contribution in [0.5, 0.6) is 11.5 Å². The van der Waals surface area contributed by atoms with Crippen LogP contribution >= 0.6 is 0 Å². The molecule has 13 atom stereocenters. The van der Waals surface area contributed by atoms with Gasteiger partial charge in [-0.05, 0) is 145 Å². The first-order chi connectivity index (χ1) is 69.2. The predicted molar refractivity (Wildman–Crippen MR) is 521 cm³/mol. The Morgan fingerprint density at radius 2 is 1.05 bits per heavy atom. The van der Waals surface area contributed by atoms with Gasteiger partial charge in [-0.3, -0.25) is 81.5 Å². The number of hydrogen-bond donors (Lipinski definition) is 11. The number of nitrogens with two attached hydrogens (primary N) is 1. The summed E-state index contributed by atoms with van der Waals surface area (Å²) in [6.07, 6.45) is -5.92. The number of piperidine rings is 2. The average Bonchev–Trinajstić information content (AvgIpc) is 0.761. The maximum atomic E-state index is 15.7. The number of rotatable bonds is 25. The fourth-order valence-corrected chi connectivity index (χ4v) is 17.9. The molecule has 4 aliphatic heterocycles. The van der Waals surface area contributed by atoms with Gasteiger partial charge in [-0.1, -0.05) is 95.5 Å². The van der Waals surface area contributed by atoms with Gasteiger partial charge in [0.25, 0.3) is 11.8 Å². The molecule has 1 saturated carbocycles. The summed E-state index contributed by atoms with van der Waals surface area (Å²) in [4.78, 5) is 301. The molecule has 5 aliphatic rings. The number of ether oxygens (including phenoxy) is 8. The summed E-state index contributed by atoms with van der Waals surface area (Å²) in [7, 11) is 6.16. The number of methoxy groups -OCH3 is 1. The minimum absolute atomic E-state index is 0.0203. The number of urea groups is 1. The Kier molecular flexibility index (Phi) is 40.3. The smallest absolute Gasteiger partial charge is 0.408 e. The summed E-state index contributed by atoms with van der Waals surface area (Å²) in [5, 5.41) is 27.5. The van der Waals surface area contributed by atoms with Gasteiger partial charge in [0.2, 0.25) is 83.3 Å². The quantitative estimate of drug-likeness (QED) is 0.0225. The van der Waals surface area contributed by atoms with Crippen molar-refractivity contribution in [2.75, 3.05) is 99.5 Å². The first-order valence-corrected chi connectivity index (χ1v) is 48.6. The van der Waals surface area contributed by atoms with Crippen LogP contribution in [0.3, 0.4) is 0 Å². The van der Waals surface area contributed by atoms with Crippen molar-refractivity contribution in [1.29, 1.82) is 0 Å². The zero-order chi connectivity index (χ0) is 107. The zero-order valence-corrected chi connectivity index (χ0v) is 84.7. The number of likely N-dealkylation sites (N-methyl/N-ethyl adjacent to an activating group) is 4. The summed E-state index contributed by atoms with van der Waals surface area (Å²) in [5.41, 5.74) is 4.65. The number of hydrogen-bond acceptors (Lipinski definition) is 30. The fraction of sp³-hybridized carbons (Fsp3) is 0.556. The molecule has 12 N–H and O–H groups in total. The van der Waals surface area contributed by atoms with Crippen LogP contribution in [0.1, 0.15) is 179 Å². The number of alkyl carbamates (subject to hydrolysis) is 1. The molecule has 5 aromatic rings. The third-order valence-corrected chi connectivity index (χ3v) is 25.4. The molecule has 792 valence electrons. The van der Waals surface area contributed by atoms with Crippen molar-refractivity contribution >= 4 is 146 Å². The number of pyridine rings is 2. The highest BCUT2D eigenvalue weighted by molar-refractivity contribution is 6.04. The van der Waals surface area contributed by atoms with Gasteiger partial charge in [0.15, 0.2) is 41.2 Å². The minimum atomic E-state index is -2.05. The molecule has 5 fully saturated rings. The van der Waals surface area contributed by atoms with E-state index in [2.05, 4.69) is 58.2 Å². The molecular formula is C99H133N19O28. The van der Waals surface area contributed by atoms with E-state index in [1.165, 1.54) is 50.1 Å². The fourth-order valence-electron chi connectivity index (χ4n) is 17.9. The monoisotopic (exact) mass is 2040 g/mol. The van der Waals surface area contributed by atoms with E-state index in [0.717, 1.165) is 53.9 Å². The lowest BCUT2D eigenvalue weighted by atomic mass is 9.82. The lowest BCUT2D eigenvalue weighted by Crippen LogP contribution is -2.64. The van der Waals surface area contributed by atoms with E-state index in [9.17, 15) is 71.9 Å². The minimum Gasteiger partial charge on any atom is -0.486 e. The Hall–Kier alpha value is -15.0. The molecular weight excluding hydrogens is 1900 g/mol. The first kappa shape index (κ1) is 113. The van der Waals surface area contributed by atoms with Crippen LogP contribution in [0.15, 0.2) is 84.9 Å². The third-order valence-electron chi connectivity index (χ3n) is 25.4. The van der Waals surface area contributed by atoms with E-state index in [4.69, 9.17) is 48.6 Å². The molecule has 6 heterocycles. The Labute approximate surface area is 843 Å². The zero-order valence-electron chi connectivity index (χ0n) is 84.7. The Bertz CT molecular complexity index is 5660. The Morgan fingerprint density at radius 1 is 0.555 bits per heavy atom. The number of nitrogens with zero attached hydrogens (tertiary/aromatic N) is 8. The number of amides is 17. The second-order valence-corrected chi connectivity index (χ2v) is 38.3.